The molecule has 1 heterocycles. The van der Waals surface area contributed by atoms with Gasteiger partial charge in [0.05, 0.1) is 10.5 Å². The van der Waals surface area contributed by atoms with Crippen molar-refractivity contribution in [2.75, 3.05) is 0 Å². The van der Waals surface area contributed by atoms with E-state index in [1.54, 1.807) is 6.07 Å². The molecule has 0 aliphatic heterocycles. The van der Waals surface area contributed by atoms with Gasteiger partial charge in [0.2, 0.25) is 5.91 Å². The minimum absolute atomic E-state index is 0.000419. The molecule has 1 aromatic heterocycles. The van der Waals surface area contributed by atoms with E-state index >= 15 is 0 Å². The SMILES string of the molecule is CCCC(C)NC(=O)Cn1ccc2c(Cl)cc(Cl)cc21. The maximum Gasteiger partial charge on any atom is 0.240 e. The third kappa shape index (κ3) is 3.47. The first kappa shape index (κ1) is 15.2. The molecule has 0 spiro atoms. The number of rotatable bonds is 5. The highest BCUT2D eigenvalue weighted by molar-refractivity contribution is 6.38. The molecule has 0 saturated carbocycles. The Kier molecular flexibility index (Phi) is 4.95. The van der Waals surface area contributed by atoms with E-state index in [9.17, 15) is 4.79 Å². The van der Waals surface area contributed by atoms with E-state index in [0.717, 1.165) is 23.7 Å². The molecule has 0 saturated heterocycles. The molecule has 2 rings (SSSR count). The molecule has 0 bridgehead atoms. The van der Waals surface area contributed by atoms with Crippen LogP contribution in [0.25, 0.3) is 10.9 Å². The Labute approximate surface area is 128 Å². The summed E-state index contributed by atoms with van der Waals surface area (Å²) in [6.07, 6.45) is 3.89. The highest BCUT2D eigenvalue weighted by Gasteiger charge is 2.11. The first-order valence-electron chi connectivity index (χ1n) is 6.74. The van der Waals surface area contributed by atoms with Crippen LogP contribution in [-0.4, -0.2) is 16.5 Å². The first-order chi connectivity index (χ1) is 9.51. The maximum atomic E-state index is 12.0. The zero-order chi connectivity index (χ0) is 14.7. The standard InChI is InChI=1S/C15H18Cl2N2O/c1-3-4-10(2)18-15(20)9-19-6-5-12-13(17)7-11(16)8-14(12)19/h5-8,10H,3-4,9H2,1-2H3,(H,18,20). The third-order valence-corrected chi connectivity index (χ3v) is 3.78. The number of amides is 1. The van der Waals surface area contributed by atoms with Gasteiger partial charge in [0, 0.05) is 22.6 Å². The molecule has 1 N–H and O–H groups in total. The number of fused-ring (bicyclic) bond motifs is 1. The predicted octanol–water partition coefficient (Wildman–Crippen LogP) is 4.25. The molecule has 5 heteroatoms. The number of aromatic nitrogens is 1. The molecular formula is C15H18Cl2N2O. The molecule has 2 aromatic rings. The van der Waals surface area contributed by atoms with Gasteiger partial charge >= 0.3 is 0 Å². The summed E-state index contributed by atoms with van der Waals surface area (Å²) < 4.78 is 1.86. The molecule has 0 aliphatic carbocycles. The second kappa shape index (κ2) is 6.51. The minimum Gasteiger partial charge on any atom is -0.352 e. The second-order valence-corrected chi connectivity index (χ2v) is 5.86. The van der Waals surface area contributed by atoms with Gasteiger partial charge in [-0.15, -0.1) is 0 Å². The highest BCUT2D eigenvalue weighted by atomic mass is 35.5. The Morgan fingerprint density at radius 2 is 2.15 bits per heavy atom. The van der Waals surface area contributed by atoms with E-state index in [4.69, 9.17) is 23.2 Å². The van der Waals surface area contributed by atoms with Gasteiger partial charge in [0.1, 0.15) is 6.54 Å². The Bertz CT molecular complexity index is 622. The average molecular weight is 313 g/mol. The van der Waals surface area contributed by atoms with Gasteiger partial charge in [-0.25, -0.2) is 0 Å². The summed E-state index contributed by atoms with van der Waals surface area (Å²) in [5.41, 5.74) is 0.876. The van der Waals surface area contributed by atoms with Gasteiger partial charge in [0.15, 0.2) is 0 Å². The number of hydrogen-bond donors (Lipinski definition) is 1. The van der Waals surface area contributed by atoms with E-state index in [-0.39, 0.29) is 18.5 Å². The fourth-order valence-corrected chi connectivity index (χ4v) is 2.88. The van der Waals surface area contributed by atoms with Crippen LogP contribution in [0.15, 0.2) is 24.4 Å². The van der Waals surface area contributed by atoms with Crippen molar-refractivity contribution in [1.29, 1.82) is 0 Å². The summed E-state index contributed by atoms with van der Waals surface area (Å²) in [7, 11) is 0. The molecule has 1 atom stereocenters. The van der Waals surface area contributed by atoms with Crippen molar-refractivity contribution in [1.82, 2.24) is 9.88 Å². The Hall–Kier alpha value is -1.19. The zero-order valence-electron chi connectivity index (χ0n) is 11.6. The highest BCUT2D eigenvalue weighted by Crippen LogP contribution is 2.28. The van der Waals surface area contributed by atoms with Crippen LogP contribution in [0.2, 0.25) is 10.0 Å². The summed E-state index contributed by atoms with van der Waals surface area (Å²) in [5, 5.41) is 5.07. The van der Waals surface area contributed by atoms with Gasteiger partial charge in [-0.1, -0.05) is 36.5 Å². The van der Waals surface area contributed by atoms with E-state index in [0.29, 0.717) is 10.0 Å². The summed E-state index contributed by atoms with van der Waals surface area (Å²) in [6, 6.07) is 5.63. The summed E-state index contributed by atoms with van der Waals surface area (Å²) in [6.45, 7) is 4.39. The zero-order valence-corrected chi connectivity index (χ0v) is 13.1. The van der Waals surface area contributed by atoms with Crippen LogP contribution in [-0.2, 0) is 11.3 Å². The van der Waals surface area contributed by atoms with Crippen LogP contribution < -0.4 is 5.32 Å². The molecule has 3 nitrogen and oxygen atoms in total. The van der Waals surface area contributed by atoms with Crippen molar-refractivity contribution >= 4 is 40.0 Å². The molecular weight excluding hydrogens is 295 g/mol. The van der Waals surface area contributed by atoms with Crippen molar-refractivity contribution in [2.45, 2.75) is 39.3 Å². The lowest BCUT2D eigenvalue weighted by Crippen LogP contribution is -2.34. The Balaban J connectivity index is 2.16. The lowest BCUT2D eigenvalue weighted by molar-refractivity contribution is -0.122. The number of halogens is 2. The van der Waals surface area contributed by atoms with Gasteiger partial charge in [-0.3, -0.25) is 4.79 Å². The van der Waals surface area contributed by atoms with Crippen LogP contribution in [0.4, 0.5) is 0 Å². The largest absolute Gasteiger partial charge is 0.352 e. The van der Waals surface area contributed by atoms with Crippen LogP contribution in [0.5, 0.6) is 0 Å². The number of carbonyl (C=O) groups is 1. The molecule has 20 heavy (non-hydrogen) atoms. The molecule has 0 radical (unpaired) electrons. The predicted molar refractivity (Wildman–Crippen MR) is 84.5 cm³/mol. The molecule has 0 aliphatic rings. The summed E-state index contributed by atoms with van der Waals surface area (Å²) >= 11 is 12.2. The van der Waals surface area contributed by atoms with Crippen molar-refractivity contribution < 1.29 is 4.79 Å². The Morgan fingerprint density at radius 3 is 2.85 bits per heavy atom. The Morgan fingerprint density at radius 1 is 1.40 bits per heavy atom. The summed E-state index contributed by atoms with van der Waals surface area (Å²) in [5.74, 6) is -0.000419. The minimum atomic E-state index is -0.000419. The first-order valence-corrected chi connectivity index (χ1v) is 7.50. The number of carbonyl (C=O) groups excluding carboxylic acids is 1. The van der Waals surface area contributed by atoms with E-state index in [1.165, 1.54) is 0 Å². The monoisotopic (exact) mass is 312 g/mol. The normalized spacial score (nSPS) is 12.6. The van der Waals surface area contributed by atoms with Crippen LogP contribution in [0, 0.1) is 0 Å². The van der Waals surface area contributed by atoms with Gasteiger partial charge in [-0.05, 0) is 31.5 Å². The molecule has 1 unspecified atom stereocenters. The van der Waals surface area contributed by atoms with E-state index in [2.05, 4.69) is 12.2 Å². The van der Waals surface area contributed by atoms with Gasteiger partial charge in [0.25, 0.3) is 0 Å². The molecule has 1 aromatic carbocycles. The molecule has 108 valence electrons. The maximum absolute atomic E-state index is 12.0. The smallest absolute Gasteiger partial charge is 0.240 e. The molecule has 0 fully saturated rings. The average Bonchev–Trinajstić information content (AvgIpc) is 2.72. The van der Waals surface area contributed by atoms with E-state index in [1.807, 2.05) is 29.8 Å². The topological polar surface area (TPSA) is 34.0 Å². The van der Waals surface area contributed by atoms with E-state index < -0.39 is 0 Å². The number of hydrogen-bond acceptors (Lipinski definition) is 1. The number of nitrogens with one attached hydrogen (secondary N) is 1. The van der Waals surface area contributed by atoms with Crippen molar-refractivity contribution in [2.24, 2.45) is 0 Å². The van der Waals surface area contributed by atoms with Crippen LogP contribution >= 0.6 is 23.2 Å². The third-order valence-electron chi connectivity index (χ3n) is 3.25. The molecule has 1 amide bonds. The van der Waals surface area contributed by atoms with Gasteiger partial charge < -0.3 is 9.88 Å². The fourth-order valence-electron chi connectivity index (χ4n) is 2.34. The van der Waals surface area contributed by atoms with Crippen LogP contribution in [0.1, 0.15) is 26.7 Å². The van der Waals surface area contributed by atoms with Gasteiger partial charge in [-0.2, -0.15) is 0 Å². The van der Waals surface area contributed by atoms with Crippen molar-refractivity contribution in [3.8, 4) is 0 Å². The second-order valence-electron chi connectivity index (χ2n) is 5.02. The van der Waals surface area contributed by atoms with Crippen molar-refractivity contribution in [3.05, 3.63) is 34.4 Å². The van der Waals surface area contributed by atoms with Crippen molar-refractivity contribution in [3.63, 3.8) is 0 Å². The quantitative estimate of drug-likeness (QED) is 0.879. The van der Waals surface area contributed by atoms with Crippen LogP contribution in [0.3, 0.4) is 0 Å². The fraction of sp³-hybridized carbons (Fsp3) is 0.400. The number of benzene rings is 1. The lowest BCUT2D eigenvalue weighted by Gasteiger charge is -2.13. The number of nitrogens with zero attached hydrogens (tertiary/aromatic N) is 1. The lowest BCUT2D eigenvalue weighted by atomic mass is 10.2. The summed E-state index contributed by atoms with van der Waals surface area (Å²) in [4.78, 5) is 12.0.